The molecule has 2 aromatic carbocycles. The Balaban J connectivity index is 0.000000124. The summed E-state index contributed by atoms with van der Waals surface area (Å²) in [6.07, 6.45) is 7.08. The topological polar surface area (TPSA) is 283 Å². The lowest BCUT2D eigenvalue weighted by Crippen LogP contribution is -2.71. The van der Waals surface area contributed by atoms with E-state index in [1.54, 1.807) is 24.4 Å². The van der Waals surface area contributed by atoms with Gasteiger partial charge in [0.2, 0.25) is 0 Å². The number of likely N-dealkylation sites (tertiary alicyclic amines) is 4. The highest BCUT2D eigenvalue weighted by Crippen LogP contribution is 2.44. The number of benzene rings is 2. The average molecular weight is 1540 g/mol. The molecule has 103 heavy (non-hydrogen) atoms. The van der Waals surface area contributed by atoms with E-state index in [0.717, 1.165) is 79.3 Å². The van der Waals surface area contributed by atoms with E-state index in [1.165, 1.54) is 119 Å². The zero-order valence-electron chi connectivity index (χ0n) is 56.5. The van der Waals surface area contributed by atoms with Gasteiger partial charge in [0.15, 0.2) is 12.4 Å². The Labute approximate surface area is 609 Å². The third kappa shape index (κ3) is 16.0. The van der Waals surface area contributed by atoms with Crippen LogP contribution in [0, 0.1) is 65.2 Å². The molecule has 2 amide bonds. The third-order valence-corrected chi connectivity index (χ3v) is 20.9. The van der Waals surface area contributed by atoms with Crippen molar-refractivity contribution >= 4 is 78.2 Å². The fourth-order valence-electron chi connectivity index (χ4n) is 15.6. The number of nitrogens with two attached hydrogens (primary N) is 1. The van der Waals surface area contributed by atoms with E-state index < -0.39 is 33.1 Å². The number of rotatable bonds is 9. The Morgan fingerprint density at radius 1 is 0.495 bits per heavy atom. The van der Waals surface area contributed by atoms with E-state index >= 15 is 0 Å². The maximum absolute atomic E-state index is 14.4. The number of carbonyl (C=O) groups excluding carboxylic acids is 2. The molecule has 8 saturated heterocycles. The van der Waals surface area contributed by atoms with Crippen LogP contribution in [0.1, 0.15) is 50.8 Å². The number of amides is 2. The molecule has 0 radical (unpaired) electrons. The number of anilines is 4. The average Bonchev–Trinajstić information content (AvgIpc) is 1.28. The highest BCUT2D eigenvalue weighted by atomic mass is 79.9. The van der Waals surface area contributed by atoms with Gasteiger partial charge in [0.1, 0.15) is 29.1 Å². The van der Waals surface area contributed by atoms with Gasteiger partial charge in [0, 0.05) is 155 Å². The van der Waals surface area contributed by atoms with Gasteiger partial charge in [-0.25, -0.2) is 32.5 Å². The quantitative estimate of drug-likeness (QED) is 0.0595. The molecule has 8 aromatic rings. The van der Waals surface area contributed by atoms with Gasteiger partial charge in [-0.1, -0.05) is 19.6 Å². The second-order valence-corrected chi connectivity index (χ2v) is 30.3. The summed E-state index contributed by atoms with van der Waals surface area (Å²) >= 11 is 6.35. The number of carbonyl (C=O) groups is 2. The van der Waals surface area contributed by atoms with Gasteiger partial charge in [-0.3, -0.25) is 14.6 Å². The minimum atomic E-state index is -0.684. The number of aromatic nitrogens is 6. The van der Waals surface area contributed by atoms with Crippen molar-refractivity contribution in [1.29, 1.82) is 0 Å². The molecule has 4 spiro atoms. The van der Waals surface area contributed by atoms with E-state index in [1.807, 2.05) is 24.5 Å². The molecule has 18 rings (SSSR count). The first-order chi connectivity index (χ1) is 48.7. The molecule has 31 heteroatoms. The van der Waals surface area contributed by atoms with Crippen LogP contribution in [-0.4, -0.2) is 204 Å². The minimum absolute atomic E-state index is 0. The van der Waals surface area contributed by atoms with Gasteiger partial charge < -0.3 is 76.2 Å². The summed E-state index contributed by atoms with van der Waals surface area (Å²) in [6.45, 7) is 19.3. The van der Waals surface area contributed by atoms with E-state index in [4.69, 9.17) is 5.73 Å². The largest absolute Gasteiger partial charge is 0.384 e. The van der Waals surface area contributed by atoms with E-state index in [2.05, 4.69) is 152 Å². The van der Waals surface area contributed by atoms with Crippen molar-refractivity contribution in [2.45, 2.75) is 26.9 Å². The zero-order valence-corrected chi connectivity index (χ0v) is 59.7. The number of nitrogens with one attached hydrogen (secondary N) is 3. The van der Waals surface area contributed by atoms with Crippen LogP contribution in [0.2, 0.25) is 0 Å². The number of nitro groups is 2. The summed E-state index contributed by atoms with van der Waals surface area (Å²) in [7, 11) is 8.63. The van der Waals surface area contributed by atoms with Crippen LogP contribution in [0.3, 0.4) is 0 Å². The fraction of sp³-hybridized carbons (Fsp3) is 0.389. The molecule has 540 valence electrons. The highest BCUT2D eigenvalue weighted by molar-refractivity contribution is 9.10. The van der Waals surface area contributed by atoms with E-state index in [-0.39, 0.29) is 66.5 Å². The predicted molar refractivity (Wildman–Crippen MR) is 390 cm³/mol. The van der Waals surface area contributed by atoms with Crippen LogP contribution in [0.4, 0.5) is 52.1 Å². The molecule has 0 atom stereocenters. The lowest BCUT2D eigenvalue weighted by atomic mass is 9.73. The zero-order chi connectivity index (χ0) is 72.0. The van der Waals surface area contributed by atoms with Crippen molar-refractivity contribution in [3.8, 4) is 22.5 Å². The smallest absolute Gasteiger partial charge is 0.363 e. The molecule has 0 bridgehead atoms. The molecule has 10 aliphatic heterocycles. The Bertz CT molecular complexity index is 4420. The Morgan fingerprint density at radius 2 is 0.893 bits per heavy atom. The molecular weight excluding hydrogens is 1460 g/mol. The number of pyridine rings is 6. The highest BCUT2D eigenvalue weighted by Gasteiger charge is 2.53. The van der Waals surface area contributed by atoms with Crippen LogP contribution in [0.25, 0.3) is 22.5 Å². The van der Waals surface area contributed by atoms with Crippen LogP contribution in [-0.2, 0) is 19.5 Å². The second kappa shape index (κ2) is 29.8. The first-order valence-electron chi connectivity index (χ1n) is 33.1. The molecule has 8 fully saturated rings. The molecule has 0 aliphatic carbocycles. The molecule has 25 nitrogen and oxygen atoms in total. The summed E-state index contributed by atoms with van der Waals surface area (Å²) in [5.41, 5.74) is 14.3. The first-order valence-corrected chi connectivity index (χ1v) is 34.7. The lowest BCUT2D eigenvalue weighted by molar-refractivity contribution is -0.389. The maximum atomic E-state index is 14.4. The number of nitrogen functional groups attached to an aromatic ring is 1. The Kier molecular flexibility index (Phi) is 21.3. The number of nitrogens with zero attached hydrogens (tertiary/aromatic N) is 15. The standard InChI is InChI=1S/C25H23F2N5O.C13H7BrF2N2O.C11H14N4O2.C11H16N4.C6H12N2.C5H3BrN2O2.CH4/c1-31-11-25(12-31)13-32(14-25)17-6-5-16(28-9-17)7-15-8-20(23-18(26)3-2-4-19(23)27)30-21-10-29-24(33)22(15)21;14-6-4-9(12-7(15)2-1-3-8(12)16)18-10-5-17-13(19)11(6)10;1-13-5-11(6-13)7-14(8-11)9-2-3-10(12-4-9)15(16)17;1-14-5-11(6-14)7-15(8-11)9-2-3-10(12)13-4-9;1-8-4-6(5-8)2-7-3-6;6-4-1-2-5(7-3-4)8(9)10;/h2-6,8-9H,7,10-14H2,1H3,(H,29,33);1-4H,5H2,(H,17,19);2-4H,5-8H2,1H3;2-4H,5-8H2,1H3,(H2,12,13);7H,2-5H2,1H3;1-3H;1H4. The van der Waals surface area contributed by atoms with Gasteiger partial charge >= 0.3 is 11.6 Å². The van der Waals surface area contributed by atoms with Crippen molar-refractivity contribution in [2.75, 3.05) is 153 Å². The molecule has 6 aromatic heterocycles. The Morgan fingerprint density at radius 3 is 1.26 bits per heavy atom. The van der Waals surface area contributed by atoms with Gasteiger partial charge in [-0.2, -0.15) is 0 Å². The van der Waals surface area contributed by atoms with E-state index in [9.17, 15) is 47.4 Å². The number of hydrogen-bond acceptors (Lipinski definition) is 21. The van der Waals surface area contributed by atoms with Crippen LogP contribution in [0.15, 0.2) is 131 Å². The molecule has 16 heterocycles. The summed E-state index contributed by atoms with van der Waals surface area (Å²) in [6, 6.07) is 24.5. The predicted octanol–water partition coefficient (Wildman–Crippen LogP) is 9.11. The monoisotopic (exact) mass is 1540 g/mol. The van der Waals surface area contributed by atoms with Gasteiger partial charge in [0.25, 0.3) is 11.8 Å². The number of fused-ring (bicyclic) bond motifs is 2. The maximum Gasteiger partial charge on any atom is 0.363 e. The second-order valence-electron chi connectivity index (χ2n) is 28.6. The fourth-order valence-corrected chi connectivity index (χ4v) is 16.4. The molecule has 5 N–H and O–H groups in total. The summed E-state index contributed by atoms with van der Waals surface area (Å²) in [5.74, 6) is -2.83. The summed E-state index contributed by atoms with van der Waals surface area (Å²) in [4.78, 5) is 84.5. The van der Waals surface area contributed by atoms with Crippen molar-refractivity contribution in [3.05, 3.63) is 208 Å². The van der Waals surface area contributed by atoms with E-state index in [0.29, 0.717) is 61.0 Å². The van der Waals surface area contributed by atoms with Gasteiger partial charge in [-0.05, 0) is 158 Å². The lowest BCUT2D eigenvalue weighted by Gasteiger charge is -2.60. The Hall–Kier alpha value is -9.24. The molecule has 0 saturated carbocycles. The van der Waals surface area contributed by atoms with Crippen molar-refractivity contribution < 1.29 is 37.0 Å². The SMILES string of the molecule is C.CN1CC2(C1)CN(c1ccc(Cc3cc(-c4c(F)cccc4F)nc4c3C(=O)NC4)nc1)C2.CN1CC2(C1)CN(c1ccc(N)nc1)C2.CN1CC2(C1)CN(c1ccc([N+](=O)[O-])nc1)C2.CN1CC2(CNC2)C1.O=C1NCc2nc(-c3c(F)cccc3F)cc(Br)c21.O=[N+]([O-])c1ccc(Br)cn1. The minimum Gasteiger partial charge on any atom is -0.384 e. The van der Waals surface area contributed by atoms with Crippen molar-refractivity contribution in [1.82, 2.24) is 65.5 Å². The van der Waals surface area contributed by atoms with Crippen LogP contribution >= 0.6 is 31.9 Å². The van der Waals surface area contributed by atoms with Crippen LogP contribution < -0.4 is 36.4 Å². The van der Waals surface area contributed by atoms with Crippen molar-refractivity contribution in [3.63, 3.8) is 0 Å². The van der Waals surface area contributed by atoms with Crippen molar-refractivity contribution in [2.24, 2.45) is 21.7 Å². The molecule has 0 unspecified atom stereocenters. The first kappa shape index (κ1) is 73.5. The third-order valence-electron chi connectivity index (χ3n) is 19.8. The molecule has 10 aliphatic rings. The normalized spacial score (nSPS) is 19.1. The molecular formula is C72H79Br2F4N19O6. The number of halogens is 6. The summed E-state index contributed by atoms with van der Waals surface area (Å²) in [5, 5.41) is 29.2. The summed E-state index contributed by atoms with van der Waals surface area (Å²) < 4.78 is 57.5. The number of hydrogen-bond donors (Lipinski definition) is 4. The van der Waals surface area contributed by atoms with Gasteiger partial charge in [0.05, 0.1) is 92.0 Å². The van der Waals surface area contributed by atoms with Gasteiger partial charge in [-0.15, -0.1) is 0 Å². The van der Waals surface area contributed by atoms with Crippen LogP contribution in [0.5, 0.6) is 0 Å².